The third-order valence-electron chi connectivity index (χ3n) is 15.2. The van der Waals surface area contributed by atoms with E-state index in [0.29, 0.717) is 19.3 Å². The number of hydrogen-bond acceptors (Lipinski definition) is 6. The lowest BCUT2D eigenvalue weighted by Crippen LogP contribution is -2.30. The highest BCUT2D eigenvalue weighted by Gasteiger charge is 2.19. The van der Waals surface area contributed by atoms with Gasteiger partial charge in [-0.2, -0.15) is 0 Å². The van der Waals surface area contributed by atoms with Crippen molar-refractivity contribution in [2.24, 2.45) is 0 Å². The number of hydrogen-bond donors (Lipinski definition) is 0. The van der Waals surface area contributed by atoms with Gasteiger partial charge in [0.1, 0.15) is 13.2 Å². The lowest BCUT2D eigenvalue weighted by Gasteiger charge is -2.18. The molecule has 0 fully saturated rings. The Morgan fingerprint density at radius 1 is 0.263 bits per heavy atom. The summed E-state index contributed by atoms with van der Waals surface area (Å²) >= 11 is 0. The molecule has 0 aromatic heterocycles. The molecule has 462 valence electrons. The normalized spacial score (nSPS) is 12.6. The summed E-state index contributed by atoms with van der Waals surface area (Å²) < 4.78 is 17.0. The van der Waals surface area contributed by atoms with Gasteiger partial charge in [0.2, 0.25) is 0 Å². The fourth-order valence-corrected chi connectivity index (χ4v) is 10.0. The van der Waals surface area contributed by atoms with Gasteiger partial charge in [0.05, 0.1) is 0 Å². The highest BCUT2D eigenvalue weighted by atomic mass is 16.6. The minimum Gasteiger partial charge on any atom is -0.462 e. The minimum absolute atomic E-state index is 0.0776. The molecule has 0 rings (SSSR count). The number of allylic oxidation sites excluding steroid dienone is 14. The Labute approximate surface area is 496 Å². The molecule has 1 unspecified atom stereocenters. The molecule has 0 aliphatic rings. The van der Waals surface area contributed by atoms with Crippen LogP contribution in [0.5, 0.6) is 0 Å². The summed E-state index contributed by atoms with van der Waals surface area (Å²) in [5.74, 6) is -0.876. The molecule has 0 radical (unpaired) electrons. The smallest absolute Gasteiger partial charge is 0.306 e. The van der Waals surface area contributed by atoms with Crippen molar-refractivity contribution < 1.29 is 28.6 Å². The Morgan fingerprint density at radius 3 is 0.762 bits per heavy atom. The second-order valence-electron chi connectivity index (χ2n) is 23.1. The molecule has 0 amide bonds. The lowest BCUT2D eigenvalue weighted by molar-refractivity contribution is -0.167. The van der Waals surface area contributed by atoms with E-state index >= 15 is 0 Å². The molecular weight excluding hydrogens is 985 g/mol. The molecule has 1 atom stereocenters. The van der Waals surface area contributed by atoms with E-state index < -0.39 is 6.10 Å². The Balaban J connectivity index is 4.37. The molecule has 0 aromatic carbocycles. The van der Waals surface area contributed by atoms with Crippen molar-refractivity contribution in [2.75, 3.05) is 13.2 Å². The van der Waals surface area contributed by atoms with Crippen LogP contribution in [-0.4, -0.2) is 37.2 Å². The molecular formula is C74H130O6. The maximum Gasteiger partial charge on any atom is 0.306 e. The van der Waals surface area contributed by atoms with Gasteiger partial charge in [-0.3, -0.25) is 14.4 Å². The van der Waals surface area contributed by atoms with Gasteiger partial charge >= 0.3 is 17.9 Å². The van der Waals surface area contributed by atoms with E-state index in [4.69, 9.17) is 14.2 Å². The van der Waals surface area contributed by atoms with Crippen LogP contribution in [0.2, 0.25) is 0 Å². The molecule has 0 spiro atoms. The van der Waals surface area contributed by atoms with E-state index in [9.17, 15) is 14.4 Å². The summed E-state index contributed by atoms with van der Waals surface area (Å²) in [4.78, 5) is 38.4. The zero-order chi connectivity index (χ0) is 57.8. The van der Waals surface area contributed by atoms with Crippen LogP contribution in [0.15, 0.2) is 85.1 Å². The summed E-state index contributed by atoms with van der Waals surface area (Å²) in [5.41, 5.74) is 0. The number of carbonyl (C=O) groups is 3. The monoisotopic (exact) mass is 1110 g/mol. The van der Waals surface area contributed by atoms with Gasteiger partial charge in [0.15, 0.2) is 6.10 Å². The second kappa shape index (κ2) is 68.1. The van der Waals surface area contributed by atoms with Crippen LogP contribution < -0.4 is 0 Å². The van der Waals surface area contributed by atoms with Crippen molar-refractivity contribution in [3.63, 3.8) is 0 Å². The van der Waals surface area contributed by atoms with Gasteiger partial charge in [-0.1, -0.05) is 337 Å². The lowest BCUT2D eigenvalue weighted by atomic mass is 10.0. The summed E-state index contributed by atoms with van der Waals surface area (Å²) in [5, 5.41) is 0. The van der Waals surface area contributed by atoms with Gasteiger partial charge in [0.25, 0.3) is 0 Å². The molecule has 0 heterocycles. The predicted octanol–water partition coefficient (Wildman–Crippen LogP) is 23.8. The average Bonchev–Trinajstić information content (AvgIpc) is 3.46. The third kappa shape index (κ3) is 65.4. The third-order valence-corrected chi connectivity index (χ3v) is 15.2. The first kappa shape index (κ1) is 76.6. The fourth-order valence-electron chi connectivity index (χ4n) is 10.0. The molecule has 0 aliphatic carbocycles. The number of carbonyl (C=O) groups excluding carboxylic acids is 3. The number of ether oxygens (including phenoxy) is 3. The van der Waals surface area contributed by atoms with Crippen molar-refractivity contribution in [2.45, 2.75) is 354 Å². The molecule has 0 saturated heterocycles. The van der Waals surface area contributed by atoms with Crippen molar-refractivity contribution in [3.05, 3.63) is 85.1 Å². The van der Waals surface area contributed by atoms with E-state index in [1.807, 2.05) is 0 Å². The summed E-state index contributed by atoms with van der Waals surface area (Å²) in [6.45, 7) is 6.57. The average molecular weight is 1120 g/mol. The van der Waals surface area contributed by atoms with E-state index in [2.05, 4.69) is 106 Å². The molecule has 0 bridgehead atoms. The first-order valence-corrected chi connectivity index (χ1v) is 34.6. The van der Waals surface area contributed by atoms with Crippen molar-refractivity contribution >= 4 is 17.9 Å². The largest absolute Gasteiger partial charge is 0.462 e. The Kier molecular flexibility index (Phi) is 65.2. The van der Waals surface area contributed by atoms with Gasteiger partial charge in [0, 0.05) is 19.3 Å². The first-order valence-electron chi connectivity index (χ1n) is 34.6. The maximum absolute atomic E-state index is 12.9. The van der Waals surface area contributed by atoms with E-state index in [0.717, 1.165) is 122 Å². The molecule has 0 aliphatic heterocycles. The van der Waals surface area contributed by atoms with Crippen LogP contribution in [0.3, 0.4) is 0 Å². The highest BCUT2D eigenvalue weighted by molar-refractivity contribution is 5.71. The Hall–Kier alpha value is -3.41. The summed E-state index contributed by atoms with van der Waals surface area (Å²) in [6.07, 6.45) is 90.2. The molecule has 0 N–H and O–H groups in total. The highest BCUT2D eigenvalue weighted by Crippen LogP contribution is 2.18. The minimum atomic E-state index is -0.783. The standard InChI is InChI=1S/C74H130O6/c1-4-7-10-13-16-19-22-25-28-31-33-34-35-36-37-38-39-40-42-43-46-49-52-55-58-61-64-67-73(76)79-70-71(69-78-72(75)66-63-60-57-54-51-48-45-30-27-24-21-18-15-12-9-6-3)80-74(77)68-65-62-59-56-53-50-47-44-41-32-29-26-23-20-17-14-11-8-5-2/h7,10,16,19,25,28,33-34,36-37,39-40,43,46,71H,4-6,8-9,11-15,17-18,20-24,26-27,29-32,35,38,41-42,44-45,47-70H2,1-3H3/b10-7-,19-16-,28-25-,34-33-,37-36-,40-39-,46-43-. The number of esters is 3. The zero-order valence-electron chi connectivity index (χ0n) is 53.1. The van der Waals surface area contributed by atoms with E-state index in [1.54, 1.807) is 0 Å². The fraction of sp³-hybridized carbons (Fsp3) is 0.770. The molecule has 0 aromatic rings. The van der Waals surface area contributed by atoms with Crippen LogP contribution in [0.4, 0.5) is 0 Å². The quantitative estimate of drug-likeness (QED) is 0.0261. The van der Waals surface area contributed by atoms with Gasteiger partial charge in [-0.05, 0) is 77.0 Å². The number of unbranched alkanes of at least 4 members (excludes halogenated alkanes) is 38. The first-order chi connectivity index (χ1) is 39.5. The van der Waals surface area contributed by atoms with Crippen molar-refractivity contribution in [1.82, 2.24) is 0 Å². The topological polar surface area (TPSA) is 78.9 Å². The second-order valence-corrected chi connectivity index (χ2v) is 23.1. The van der Waals surface area contributed by atoms with E-state index in [-0.39, 0.29) is 31.1 Å². The van der Waals surface area contributed by atoms with Gasteiger partial charge < -0.3 is 14.2 Å². The van der Waals surface area contributed by atoms with Crippen LogP contribution in [0.1, 0.15) is 348 Å². The number of rotatable bonds is 63. The molecule has 6 nitrogen and oxygen atoms in total. The Morgan fingerprint density at radius 2 is 0.487 bits per heavy atom. The van der Waals surface area contributed by atoms with Crippen LogP contribution in [0.25, 0.3) is 0 Å². The van der Waals surface area contributed by atoms with E-state index in [1.165, 1.54) is 186 Å². The van der Waals surface area contributed by atoms with Crippen LogP contribution >= 0.6 is 0 Å². The van der Waals surface area contributed by atoms with Gasteiger partial charge in [-0.15, -0.1) is 0 Å². The Bertz CT molecular complexity index is 1520. The maximum atomic E-state index is 12.9. The van der Waals surface area contributed by atoms with Crippen LogP contribution in [0, 0.1) is 0 Å². The van der Waals surface area contributed by atoms with Gasteiger partial charge in [-0.25, -0.2) is 0 Å². The molecule has 0 saturated carbocycles. The summed E-state index contributed by atoms with van der Waals surface area (Å²) in [7, 11) is 0. The molecule has 6 heteroatoms. The molecule has 80 heavy (non-hydrogen) atoms. The predicted molar refractivity (Wildman–Crippen MR) is 348 cm³/mol. The SMILES string of the molecule is CC/C=C\C/C=C\C/C=C\C/C=C\C/C=C\C/C=C\C/C=C\CCCCCCCC(=O)OCC(COC(=O)CCCCCCCCCCCCCCCCCC)OC(=O)CCCCCCCCCCCCCCCCCCCCC. The van der Waals surface area contributed by atoms with Crippen molar-refractivity contribution in [1.29, 1.82) is 0 Å². The zero-order valence-corrected chi connectivity index (χ0v) is 53.1. The summed E-state index contributed by atoms with van der Waals surface area (Å²) in [6, 6.07) is 0. The van der Waals surface area contributed by atoms with Crippen molar-refractivity contribution in [3.8, 4) is 0 Å². The van der Waals surface area contributed by atoms with Crippen LogP contribution in [-0.2, 0) is 28.6 Å².